The minimum absolute atomic E-state index is 0.0222. The lowest BCUT2D eigenvalue weighted by atomic mass is 9.46. The van der Waals surface area contributed by atoms with E-state index in [1.807, 2.05) is 0 Å². The second-order valence-corrected chi connectivity index (χ2v) is 23.2. The Morgan fingerprint density at radius 2 is 1.27 bits per heavy atom. The molecular formula is C50H78O23. The van der Waals surface area contributed by atoms with E-state index in [1.54, 1.807) is 0 Å². The van der Waals surface area contributed by atoms with Crippen LogP contribution in [0.5, 0.6) is 0 Å². The van der Waals surface area contributed by atoms with Gasteiger partial charge in [0.05, 0.1) is 50.8 Å². The van der Waals surface area contributed by atoms with Crippen LogP contribution in [0.15, 0.2) is 23.8 Å². The lowest BCUT2D eigenvalue weighted by molar-refractivity contribution is -0.381. The quantitative estimate of drug-likeness (QED) is 0.0946. The molecule has 23 heteroatoms. The lowest BCUT2D eigenvalue weighted by Crippen LogP contribution is -2.65. The summed E-state index contributed by atoms with van der Waals surface area (Å²) in [6.07, 6.45) is -25.7. The van der Waals surface area contributed by atoms with E-state index >= 15 is 0 Å². The van der Waals surface area contributed by atoms with Crippen molar-refractivity contribution in [1.82, 2.24) is 0 Å². The summed E-state index contributed by atoms with van der Waals surface area (Å²) in [6, 6.07) is 0. The molecule has 6 heterocycles. The van der Waals surface area contributed by atoms with Crippen molar-refractivity contribution in [2.75, 3.05) is 26.4 Å². The molecule has 0 bridgehead atoms. The van der Waals surface area contributed by atoms with Gasteiger partial charge in [-0.25, -0.2) is 0 Å². The van der Waals surface area contributed by atoms with E-state index in [0.29, 0.717) is 19.3 Å². The van der Waals surface area contributed by atoms with Crippen LogP contribution < -0.4 is 0 Å². The van der Waals surface area contributed by atoms with Gasteiger partial charge >= 0.3 is 0 Å². The number of fused-ring (bicyclic) bond motifs is 7. The first-order valence-corrected chi connectivity index (χ1v) is 26.2. The molecule has 6 aliphatic heterocycles. The SMILES string of the molecule is C=C1CO[C@@]2(O[C@H]3C[C@H]4[C@@H]5CC=C6C[C@@H](O)C[C@@H](O[C@@H]7OC[C@H](O)[C@H](O)[C@H]7O[C@@H]7O[C@@H](C)[C@H](O)[C@@H](O[C@@H]8O[C@H](CO)[C@@H](O)[C@H](O)[C@H]8O)[C@H]7O)[C@]6(C)[C@H]5CC[C@]4(C)[C@H]3[C@@H]2C)[C@@H](O[C@@H]2O[C@H](CO)[C@@H](O)[C@H](O)[C@H]2O)C1. The van der Waals surface area contributed by atoms with E-state index < -0.39 is 159 Å². The number of aliphatic hydroxyl groups excluding tert-OH is 13. The Kier molecular flexibility index (Phi) is 15.5. The van der Waals surface area contributed by atoms with Gasteiger partial charge < -0.3 is 114 Å². The Hall–Kier alpha value is -1.44. The van der Waals surface area contributed by atoms with Crippen molar-refractivity contribution >= 4 is 0 Å². The zero-order valence-electron chi connectivity index (χ0n) is 41.6. The largest absolute Gasteiger partial charge is 0.394 e. The van der Waals surface area contributed by atoms with Crippen LogP contribution in [-0.4, -0.2) is 240 Å². The number of allylic oxidation sites excluding steroid dienone is 1. The third-order valence-electron chi connectivity index (χ3n) is 19.3. The van der Waals surface area contributed by atoms with Gasteiger partial charge in [-0.2, -0.15) is 0 Å². The molecule has 0 aromatic carbocycles. The smallest absolute Gasteiger partial charge is 0.198 e. The van der Waals surface area contributed by atoms with Gasteiger partial charge in [-0.05, 0) is 73.7 Å². The predicted octanol–water partition coefficient (Wildman–Crippen LogP) is -3.46. The fourth-order valence-electron chi connectivity index (χ4n) is 15.2. The standard InChI is InChI=1S/C50H78O23/c1-18-10-31(70-44-39(61)37(59)35(57)28(14-51)67-44)50(65-16-18)19(2)32-27(73-50)13-25-23-7-6-21-11-22(53)12-30(49(21,5)24(23)8-9-48(25,32)4)69-47-43(34(56)26(54)17-64-47)72-46-41(63)42(33(55)20(3)66-46)71-45-40(62)38(60)36(58)29(15-52)68-45/h6,19-20,22-47,51-63H,1,7-17H2,2-5H3/t19-,20-,22+,23+,24-,25-,26-,27-,28+,29+,30+,31-,32-,33-,34-,35+,36+,37-,38-,39+,40+,41+,42+,43+,44-,45-,46-,47-,48-,49-,50-/m0/s1. The van der Waals surface area contributed by atoms with Gasteiger partial charge in [0.15, 0.2) is 30.9 Å². The molecule has 3 saturated carbocycles. The van der Waals surface area contributed by atoms with Crippen LogP contribution in [0, 0.1) is 40.4 Å². The Morgan fingerprint density at radius 3 is 1.93 bits per heavy atom. The highest BCUT2D eigenvalue weighted by molar-refractivity contribution is 5.29. The molecule has 13 N–H and O–H groups in total. The van der Waals surface area contributed by atoms with Gasteiger partial charge in [0.1, 0.15) is 91.6 Å². The molecule has 4 aliphatic carbocycles. The summed E-state index contributed by atoms with van der Waals surface area (Å²) in [4.78, 5) is 0. The number of hydrogen-bond acceptors (Lipinski definition) is 23. The van der Waals surface area contributed by atoms with Crippen molar-refractivity contribution in [2.24, 2.45) is 40.4 Å². The zero-order valence-corrected chi connectivity index (χ0v) is 41.6. The van der Waals surface area contributed by atoms with Crippen LogP contribution >= 0.6 is 0 Å². The van der Waals surface area contributed by atoms with Gasteiger partial charge in [0.25, 0.3) is 0 Å². The average Bonchev–Trinajstić information content (AvgIpc) is 3.82. The molecular weight excluding hydrogens is 969 g/mol. The fraction of sp³-hybridized carbons (Fsp3) is 0.920. The second kappa shape index (κ2) is 20.7. The van der Waals surface area contributed by atoms with Crippen LogP contribution in [0.3, 0.4) is 0 Å². The Balaban J connectivity index is 0.863. The molecule has 416 valence electrons. The normalized spacial score (nSPS) is 57.2. The van der Waals surface area contributed by atoms with Crippen LogP contribution in [0.4, 0.5) is 0 Å². The second-order valence-electron chi connectivity index (χ2n) is 23.2. The summed E-state index contributed by atoms with van der Waals surface area (Å²) >= 11 is 0. The minimum Gasteiger partial charge on any atom is -0.394 e. The molecule has 10 aliphatic rings. The van der Waals surface area contributed by atoms with Crippen molar-refractivity contribution < 1.29 is 114 Å². The van der Waals surface area contributed by atoms with Crippen LogP contribution in [0.1, 0.15) is 72.6 Å². The highest BCUT2D eigenvalue weighted by Gasteiger charge is 2.72. The molecule has 73 heavy (non-hydrogen) atoms. The van der Waals surface area contributed by atoms with Gasteiger partial charge in [0.2, 0.25) is 0 Å². The first-order chi connectivity index (χ1) is 34.6. The van der Waals surface area contributed by atoms with Gasteiger partial charge in [-0.15, -0.1) is 0 Å². The first kappa shape index (κ1) is 54.9. The Morgan fingerprint density at radius 1 is 0.658 bits per heavy atom. The number of rotatable bonds is 10. The highest BCUT2D eigenvalue weighted by atomic mass is 16.8. The topological polar surface area (TPSA) is 355 Å². The summed E-state index contributed by atoms with van der Waals surface area (Å²) in [6.45, 7) is 10.8. The van der Waals surface area contributed by atoms with Gasteiger partial charge in [0, 0.05) is 24.2 Å². The molecule has 10 rings (SSSR count). The van der Waals surface area contributed by atoms with Crippen LogP contribution in [0.2, 0.25) is 0 Å². The van der Waals surface area contributed by atoms with E-state index in [-0.39, 0.29) is 60.7 Å². The highest BCUT2D eigenvalue weighted by Crippen LogP contribution is 2.71. The van der Waals surface area contributed by atoms with E-state index in [1.165, 1.54) is 6.92 Å². The Bertz CT molecular complexity index is 2000. The zero-order chi connectivity index (χ0) is 52.4. The summed E-state index contributed by atoms with van der Waals surface area (Å²) in [5.41, 5.74) is 0.913. The maximum absolute atomic E-state index is 11.6. The predicted molar refractivity (Wildman–Crippen MR) is 244 cm³/mol. The molecule has 23 nitrogen and oxygen atoms in total. The van der Waals surface area contributed by atoms with Crippen LogP contribution in [0.25, 0.3) is 0 Å². The third-order valence-corrected chi connectivity index (χ3v) is 19.3. The van der Waals surface area contributed by atoms with Crippen molar-refractivity contribution in [1.29, 1.82) is 0 Å². The molecule has 1 spiro atoms. The maximum Gasteiger partial charge on any atom is 0.198 e. The van der Waals surface area contributed by atoms with E-state index in [4.69, 9.17) is 47.4 Å². The van der Waals surface area contributed by atoms with Crippen molar-refractivity contribution in [2.45, 2.75) is 220 Å². The number of ether oxygens (including phenoxy) is 10. The molecule has 0 aromatic rings. The minimum atomic E-state index is -1.85. The van der Waals surface area contributed by atoms with Gasteiger partial charge in [-0.1, -0.05) is 39.0 Å². The molecule has 0 unspecified atom stereocenters. The number of hydrogen-bond donors (Lipinski definition) is 13. The summed E-state index contributed by atoms with van der Waals surface area (Å²) in [5, 5.41) is 140. The van der Waals surface area contributed by atoms with Crippen molar-refractivity contribution in [3.05, 3.63) is 23.8 Å². The lowest BCUT2D eigenvalue weighted by Gasteiger charge is -2.60. The molecule has 9 fully saturated rings. The van der Waals surface area contributed by atoms with E-state index in [0.717, 1.165) is 30.4 Å². The molecule has 0 aromatic heterocycles. The van der Waals surface area contributed by atoms with E-state index in [9.17, 15) is 66.4 Å². The summed E-state index contributed by atoms with van der Waals surface area (Å²) in [5.74, 6) is -1.04. The molecule has 0 amide bonds. The molecule has 31 atom stereocenters. The molecule has 6 saturated heterocycles. The third kappa shape index (κ3) is 9.04. The number of aliphatic hydroxyl groups is 13. The van der Waals surface area contributed by atoms with Gasteiger partial charge in [-0.3, -0.25) is 0 Å². The fourth-order valence-corrected chi connectivity index (χ4v) is 15.2. The average molecular weight is 1050 g/mol. The summed E-state index contributed by atoms with van der Waals surface area (Å²) in [7, 11) is 0. The van der Waals surface area contributed by atoms with Crippen LogP contribution in [-0.2, 0) is 47.4 Å². The maximum atomic E-state index is 11.6. The Labute approximate surface area is 423 Å². The van der Waals surface area contributed by atoms with E-state index in [2.05, 4.69) is 33.4 Å². The monoisotopic (exact) mass is 1050 g/mol. The molecule has 0 radical (unpaired) electrons. The first-order valence-electron chi connectivity index (χ1n) is 26.2. The van der Waals surface area contributed by atoms with Crippen molar-refractivity contribution in [3.8, 4) is 0 Å². The van der Waals surface area contributed by atoms with Crippen molar-refractivity contribution in [3.63, 3.8) is 0 Å². The summed E-state index contributed by atoms with van der Waals surface area (Å²) < 4.78 is 62.4.